The molecule has 0 spiro atoms. The van der Waals surface area contributed by atoms with Crippen LogP contribution in [0.1, 0.15) is 64.9 Å². The number of alkyl carbamates (subject to hydrolysis) is 1. The van der Waals surface area contributed by atoms with E-state index in [2.05, 4.69) is 10.3 Å². The second kappa shape index (κ2) is 15.3. The first-order valence-corrected chi connectivity index (χ1v) is 13.5. The lowest BCUT2D eigenvalue weighted by atomic mass is 9.89. The lowest BCUT2D eigenvalue weighted by molar-refractivity contribution is -0.140. The number of nitrogens with one attached hydrogen (secondary N) is 1. The van der Waals surface area contributed by atoms with Gasteiger partial charge >= 0.3 is 6.09 Å². The van der Waals surface area contributed by atoms with Gasteiger partial charge in [-0.15, -0.1) is 0 Å². The van der Waals surface area contributed by atoms with E-state index in [-0.39, 0.29) is 42.4 Å². The number of halogens is 1. The van der Waals surface area contributed by atoms with Crippen molar-refractivity contribution in [1.29, 1.82) is 0 Å². The number of likely N-dealkylation sites (tertiary alicyclic amines) is 1. The van der Waals surface area contributed by atoms with Crippen LogP contribution in [0.5, 0.6) is 0 Å². The number of aliphatic imine (C=N–C) groups is 1. The first kappa shape index (κ1) is 31.1. The average molecular weight is 550 g/mol. The Morgan fingerprint density at radius 1 is 1.18 bits per heavy atom. The number of ketones is 2. The molecule has 10 nitrogen and oxygen atoms in total. The molecule has 0 bridgehead atoms. The minimum absolute atomic E-state index is 0.00378. The third-order valence-corrected chi connectivity index (χ3v) is 6.91. The summed E-state index contributed by atoms with van der Waals surface area (Å²) >= 11 is 5.88. The third kappa shape index (κ3) is 9.63. The van der Waals surface area contributed by atoms with E-state index in [9.17, 15) is 19.2 Å². The van der Waals surface area contributed by atoms with E-state index in [0.717, 1.165) is 5.56 Å². The average Bonchev–Trinajstić information content (AvgIpc) is 3.37. The van der Waals surface area contributed by atoms with Crippen LogP contribution in [0, 0.1) is 11.8 Å². The quantitative estimate of drug-likeness (QED) is 0.183. The standard InChI is InChI=1S/C27H40ClN5O5/c1-4-22(34)19(7-5-13-31-26(29)30)15-23(35)21-8-6-14-33(21)25(36)24(17(2)3)32-27(37)38-16-18-9-11-20(28)12-10-18/h9-12,17,19,21,24H,4-8,13-16H2,1-3H3,(H,32,37)(H4,29,30,31)/t19-,21+,24+/m1/s1. The van der Waals surface area contributed by atoms with Crippen molar-refractivity contribution in [2.75, 3.05) is 13.1 Å². The van der Waals surface area contributed by atoms with Crippen molar-refractivity contribution in [3.8, 4) is 0 Å². The zero-order valence-electron chi connectivity index (χ0n) is 22.5. The third-order valence-electron chi connectivity index (χ3n) is 6.65. The SMILES string of the molecule is CCC(=O)[C@H](CCCN=C(N)N)CC(=O)[C@@H]1CCCN1C(=O)[C@@H](NC(=O)OCc1ccc(Cl)cc1)C(C)C. The van der Waals surface area contributed by atoms with Crippen LogP contribution in [0.4, 0.5) is 4.79 Å². The minimum Gasteiger partial charge on any atom is -0.445 e. The Morgan fingerprint density at radius 3 is 2.47 bits per heavy atom. The number of guanidine groups is 1. The van der Waals surface area contributed by atoms with Crippen LogP contribution in [0.15, 0.2) is 29.3 Å². The number of nitrogens with two attached hydrogens (primary N) is 2. The number of nitrogens with zero attached hydrogens (tertiary/aromatic N) is 2. The molecule has 1 heterocycles. The summed E-state index contributed by atoms with van der Waals surface area (Å²) in [5.41, 5.74) is 11.5. The van der Waals surface area contributed by atoms with Gasteiger partial charge in [0.15, 0.2) is 11.7 Å². The molecule has 11 heteroatoms. The molecule has 38 heavy (non-hydrogen) atoms. The van der Waals surface area contributed by atoms with Gasteiger partial charge < -0.3 is 26.4 Å². The van der Waals surface area contributed by atoms with E-state index in [4.69, 9.17) is 27.8 Å². The van der Waals surface area contributed by atoms with Gasteiger partial charge in [-0.3, -0.25) is 19.4 Å². The molecule has 1 aromatic rings. The molecule has 0 unspecified atom stereocenters. The highest BCUT2D eigenvalue weighted by Crippen LogP contribution is 2.25. The number of carbonyl (C=O) groups is 4. The first-order chi connectivity index (χ1) is 18.0. The second-order valence-corrected chi connectivity index (χ2v) is 10.3. The number of ether oxygens (including phenoxy) is 1. The van der Waals surface area contributed by atoms with Gasteiger partial charge in [-0.05, 0) is 49.3 Å². The molecule has 1 aliphatic rings. The van der Waals surface area contributed by atoms with Gasteiger partial charge in [0.1, 0.15) is 18.4 Å². The Kier molecular flexibility index (Phi) is 12.5. The predicted octanol–water partition coefficient (Wildman–Crippen LogP) is 3.19. The van der Waals surface area contributed by atoms with Crippen molar-refractivity contribution >= 4 is 41.1 Å². The molecule has 2 amide bonds. The summed E-state index contributed by atoms with van der Waals surface area (Å²) in [5.74, 6) is -1.15. The first-order valence-electron chi connectivity index (χ1n) is 13.1. The largest absolute Gasteiger partial charge is 0.445 e. The number of carbonyl (C=O) groups excluding carboxylic acids is 4. The van der Waals surface area contributed by atoms with E-state index >= 15 is 0 Å². The summed E-state index contributed by atoms with van der Waals surface area (Å²) < 4.78 is 5.30. The Morgan fingerprint density at radius 2 is 1.87 bits per heavy atom. The normalized spacial score (nSPS) is 16.6. The van der Waals surface area contributed by atoms with Crippen LogP contribution in [0.25, 0.3) is 0 Å². The van der Waals surface area contributed by atoms with Gasteiger partial charge in [0.25, 0.3) is 0 Å². The van der Waals surface area contributed by atoms with Gasteiger partial charge in [0.05, 0.1) is 6.04 Å². The molecule has 210 valence electrons. The van der Waals surface area contributed by atoms with Crippen LogP contribution in [-0.4, -0.2) is 59.6 Å². The van der Waals surface area contributed by atoms with Crippen LogP contribution < -0.4 is 16.8 Å². The fourth-order valence-corrected chi connectivity index (χ4v) is 4.67. The fraction of sp³-hybridized carbons (Fsp3) is 0.593. The lowest BCUT2D eigenvalue weighted by Crippen LogP contribution is -2.54. The molecule has 2 rings (SSSR count). The summed E-state index contributed by atoms with van der Waals surface area (Å²) in [7, 11) is 0. The lowest BCUT2D eigenvalue weighted by Gasteiger charge is -2.30. The fourth-order valence-electron chi connectivity index (χ4n) is 4.55. The van der Waals surface area contributed by atoms with Gasteiger partial charge in [-0.25, -0.2) is 4.79 Å². The summed E-state index contributed by atoms with van der Waals surface area (Å²) in [5, 5.41) is 3.25. The molecule has 0 aliphatic carbocycles. The highest BCUT2D eigenvalue weighted by atomic mass is 35.5. The second-order valence-electron chi connectivity index (χ2n) is 9.89. The molecule has 0 aromatic heterocycles. The van der Waals surface area contributed by atoms with Gasteiger partial charge in [-0.1, -0.05) is 44.5 Å². The molecular formula is C27H40ClN5O5. The maximum atomic E-state index is 13.5. The van der Waals surface area contributed by atoms with Crippen molar-refractivity contribution in [3.63, 3.8) is 0 Å². The van der Waals surface area contributed by atoms with Crippen molar-refractivity contribution < 1.29 is 23.9 Å². The zero-order valence-corrected chi connectivity index (χ0v) is 23.2. The Hall–Kier alpha value is -3.14. The number of rotatable bonds is 14. The maximum absolute atomic E-state index is 13.5. The van der Waals surface area contributed by atoms with Crippen LogP contribution >= 0.6 is 11.6 Å². The molecule has 1 fully saturated rings. The van der Waals surface area contributed by atoms with E-state index in [1.54, 1.807) is 36.1 Å². The van der Waals surface area contributed by atoms with Crippen LogP contribution in [-0.2, 0) is 25.7 Å². The number of Topliss-reactive ketones (excluding diaryl/α,β-unsaturated/α-hetero) is 2. The molecule has 0 radical (unpaired) electrons. The van der Waals surface area contributed by atoms with Crippen molar-refractivity contribution in [2.24, 2.45) is 28.3 Å². The van der Waals surface area contributed by atoms with Crippen molar-refractivity contribution in [2.45, 2.75) is 78.0 Å². The number of amides is 2. The smallest absolute Gasteiger partial charge is 0.408 e. The maximum Gasteiger partial charge on any atom is 0.408 e. The summed E-state index contributed by atoms with van der Waals surface area (Å²) in [6.07, 6.45) is 1.93. The summed E-state index contributed by atoms with van der Waals surface area (Å²) in [4.78, 5) is 57.3. The Labute approximate surface area is 229 Å². The number of hydrogen-bond donors (Lipinski definition) is 3. The number of hydrogen-bond acceptors (Lipinski definition) is 6. The van der Waals surface area contributed by atoms with E-state index in [0.29, 0.717) is 50.2 Å². The molecule has 5 N–H and O–H groups in total. The molecular weight excluding hydrogens is 510 g/mol. The predicted molar refractivity (Wildman–Crippen MR) is 146 cm³/mol. The van der Waals surface area contributed by atoms with Crippen molar-refractivity contribution in [3.05, 3.63) is 34.9 Å². The zero-order chi connectivity index (χ0) is 28.2. The molecule has 3 atom stereocenters. The number of benzene rings is 1. The summed E-state index contributed by atoms with van der Waals surface area (Å²) in [6.45, 7) is 6.24. The minimum atomic E-state index is -0.853. The monoisotopic (exact) mass is 549 g/mol. The van der Waals surface area contributed by atoms with Crippen LogP contribution in [0.2, 0.25) is 5.02 Å². The Balaban J connectivity index is 2.01. The van der Waals surface area contributed by atoms with Gasteiger partial charge in [0.2, 0.25) is 5.91 Å². The molecule has 1 aromatic carbocycles. The van der Waals surface area contributed by atoms with Gasteiger partial charge in [0, 0.05) is 36.9 Å². The molecule has 1 saturated heterocycles. The summed E-state index contributed by atoms with van der Waals surface area (Å²) in [6, 6.07) is 5.42. The Bertz CT molecular complexity index is 994. The van der Waals surface area contributed by atoms with Crippen molar-refractivity contribution in [1.82, 2.24) is 10.2 Å². The van der Waals surface area contributed by atoms with E-state index < -0.39 is 24.1 Å². The molecule has 1 aliphatic heterocycles. The highest BCUT2D eigenvalue weighted by Gasteiger charge is 2.39. The van der Waals surface area contributed by atoms with Crippen LogP contribution in [0.3, 0.4) is 0 Å². The highest BCUT2D eigenvalue weighted by molar-refractivity contribution is 6.30. The molecule has 0 saturated carbocycles. The van der Waals surface area contributed by atoms with E-state index in [1.165, 1.54) is 0 Å². The topological polar surface area (TPSA) is 157 Å². The van der Waals surface area contributed by atoms with Gasteiger partial charge in [-0.2, -0.15) is 0 Å². The van der Waals surface area contributed by atoms with E-state index in [1.807, 2.05) is 13.8 Å².